The lowest BCUT2D eigenvalue weighted by Crippen LogP contribution is -2.38. The van der Waals surface area contributed by atoms with E-state index < -0.39 is 12.0 Å². The molecule has 4 rings (SSSR count). The van der Waals surface area contributed by atoms with Gasteiger partial charge in [0.15, 0.2) is 0 Å². The number of primary amides is 1. The van der Waals surface area contributed by atoms with Gasteiger partial charge in [-0.15, -0.1) is 0 Å². The molecule has 0 aliphatic carbocycles. The summed E-state index contributed by atoms with van der Waals surface area (Å²) in [6.07, 6.45) is -0.0159. The summed E-state index contributed by atoms with van der Waals surface area (Å²) in [5.41, 5.74) is 6.72. The molecule has 0 spiro atoms. The third kappa shape index (κ3) is 4.62. The van der Waals surface area contributed by atoms with Crippen molar-refractivity contribution in [1.29, 1.82) is 5.26 Å². The van der Waals surface area contributed by atoms with Gasteiger partial charge in [0.1, 0.15) is 5.75 Å². The summed E-state index contributed by atoms with van der Waals surface area (Å²) in [7, 11) is 0. The van der Waals surface area contributed by atoms with Crippen molar-refractivity contribution in [2.45, 2.75) is 6.42 Å². The molecule has 2 N–H and O–H groups in total. The van der Waals surface area contributed by atoms with Crippen LogP contribution in [0.25, 0.3) is 10.8 Å². The van der Waals surface area contributed by atoms with Crippen molar-refractivity contribution in [2.75, 3.05) is 26.2 Å². The van der Waals surface area contributed by atoms with Crippen molar-refractivity contribution in [3.8, 4) is 11.8 Å². The lowest BCUT2D eigenvalue weighted by molar-refractivity contribution is 0.0759. The molecule has 1 aliphatic heterocycles. The first-order valence-electron chi connectivity index (χ1n) is 10.6. The number of nitrogens with two attached hydrogens (primary N) is 1. The van der Waals surface area contributed by atoms with Crippen molar-refractivity contribution in [3.63, 3.8) is 0 Å². The highest BCUT2D eigenvalue weighted by molar-refractivity contribution is 6.09. The molecule has 33 heavy (non-hydrogen) atoms. The highest BCUT2D eigenvalue weighted by atomic mass is 16.6. The number of rotatable bonds is 3. The fourth-order valence-corrected chi connectivity index (χ4v) is 3.92. The van der Waals surface area contributed by atoms with Crippen molar-refractivity contribution in [2.24, 2.45) is 5.73 Å². The smallest absolute Gasteiger partial charge is 0.409 e. The zero-order valence-electron chi connectivity index (χ0n) is 17.9. The van der Waals surface area contributed by atoms with Gasteiger partial charge in [-0.2, -0.15) is 5.26 Å². The minimum absolute atomic E-state index is 0.112. The molecule has 1 saturated heterocycles. The van der Waals surface area contributed by atoms with Gasteiger partial charge in [-0.1, -0.05) is 30.3 Å². The molecule has 8 heteroatoms. The summed E-state index contributed by atoms with van der Waals surface area (Å²) in [5, 5.41) is 10.4. The second-order valence-corrected chi connectivity index (χ2v) is 7.71. The number of nitriles is 1. The summed E-state index contributed by atoms with van der Waals surface area (Å²) < 4.78 is 5.57. The number of carbonyl (C=O) groups excluding carboxylic acids is 3. The second kappa shape index (κ2) is 9.40. The molecule has 1 aliphatic rings. The van der Waals surface area contributed by atoms with Gasteiger partial charge in [-0.05, 0) is 47.5 Å². The standard InChI is InChI=1S/C25H22N4O4/c26-16-17-6-8-19(9-7-17)24(31)28-12-3-13-29(15-14-28)25(32)33-21-11-10-18-4-1-2-5-20(18)22(21)23(27)30/h1-2,4-11H,3,12-15H2,(H2,27,30). The summed E-state index contributed by atoms with van der Waals surface area (Å²) >= 11 is 0. The van der Waals surface area contributed by atoms with Crippen LogP contribution in [0.5, 0.6) is 5.75 Å². The number of fused-ring (bicyclic) bond motifs is 1. The first kappa shape index (κ1) is 21.8. The maximum Gasteiger partial charge on any atom is 0.415 e. The van der Waals surface area contributed by atoms with Crippen molar-refractivity contribution in [3.05, 3.63) is 77.4 Å². The van der Waals surface area contributed by atoms with E-state index in [4.69, 9.17) is 15.7 Å². The molecular weight excluding hydrogens is 420 g/mol. The Kier molecular flexibility index (Phi) is 6.22. The molecule has 0 bridgehead atoms. The van der Waals surface area contributed by atoms with E-state index >= 15 is 0 Å². The summed E-state index contributed by atoms with van der Waals surface area (Å²) in [6.45, 7) is 1.54. The van der Waals surface area contributed by atoms with E-state index in [1.54, 1.807) is 53.4 Å². The minimum Gasteiger partial charge on any atom is -0.409 e. The van der Waals surface area contributed by atoms with Gasteiger partial charge in [-0.25, -0.2) is 4.79 Å². The summed E-state index contributed by atoms with van der Waals surface area (Å²) in [5.74, 6) is -0.717. The molecule has 3 aromatic rings. The fraction of sp³-hybridized carbons (Fsp3) is 0.200. The predicted octanol–water partition coefficient (Wildman–Crippen LogP) is 3.16. The van der Waals surface area contributed by atoms with E-state index in [2.05, 4.69) is 0 Å². The molecule has 3 aromatic carbocycles. The first-order chi connectivity index (χ1) is 16.0. The van der Waals surface area contributed by atoms with Crippen LogP contribution in [-0.4, -0.2) is 53.9 Å². The highest BCUT2D eigenvalue weighted by Crippen LogP contribution is 2.28. The van der Waals surface area contributed by atoms with Crippen LogP contribution in [0.1, 0.15) is 32.7 Å². The normalized spacial score (nSPS) is 13.8. The van der Waals surface area contributed by atoms with Crippen LogP contribution in [0, 0.1) is 11.3 Å². The van der Waals surface area contributed by atoms with Gasteiger partial charge in [0, 0.05) is 31.7 Å². The molecule has 1 fully saturated rings. The minimum atomic E-state index is -0.676. The van der Waals surface area contributed by atoms with E-state index in [0.29, 0.717) is 49.1 Å². The van der Waals surface area contributed by atoms with Crippen LogP contribution in [0.15, 0.2) is 60.7 Å². The zero-order valence-corrected chi connectivity index (χ0v) is 17.9. The average Bonchev–Trinajstić information content (AvgIpc) is 3.10. The van der Waals surface area contributed by atoms with Crippen LogP contribution in [0.4, 0.5) is 4.79 Å². The topological polar surface area (TPSA) is 117 Å². The average molecular weight is 442 g/mol. The Hall–Kier alpha value is -4.38. The molecule has 0 aromatic heterocycles. The summed E-state index contributed by atoms with van der Waals surface area (Å²) in [6, 6.07) is 19.1. The fourth-order valence-electron chi connectivity index (χ4n) is 3.92. The van der Waals surface area contributed by atoms with Crippen LogP contribution in [-0.2, 0) is 0 Å². The van der Waals surface area contributed by atoms with Crippen molar-refractivity contribution >= 4 is 28.7 Å². The van der Waals surface area contributed by atoms with E-state index in [0.717, 1.165) is 5.39 Å². The molecule has 0 radical (unpaired) electrons. The number of hydrogen-bond acceptors (Lipinski definition) is 5. The number of hydrogen-bond donors (Lipinski definition) is 1. The first-order valence-corrected chi connectivity index (χ1v) is 10.6. The van der Waals surface area contributed by atoms with E-state index in [1.807, 2.05) is 18.2 Å². The molecular formula is C25H22N4O4. The van der Waals surface area contributed by atoms with Crippen molar-refractivity contribution in [1.82, 2.24) is 9.80 Å². The largest absolute Gasteiger partial charge is 0.415 e. The molecule has 0 unspecified atom stereocenters. The second-order valence-electron chi connectivity index (χ2n) is 7.71. The molecule has 3 amide bonds. The maximum absolute atomic E-state index is 12.9. The molecule has 1 heterocycles. The van der Waals surface area contributed by atoms with Crippen LogP contribution in [0.2, 0.25) is 0 Å². The van der Waals surface area contributed by atoms with Crippen LogP contribution >= 0.6 is 0 Å². The molecule has 0 atom stereocenters. The predicted molar refractivity (Wildman–Crippen MR) is 122 cm³/mol. The Morgan fingerprint density at radius 2 is 1.58 bits per heavy atom. The van der Waals surface area contributed by atoms with Gasteiger partial charge in [0.2, 0.25) is 0 Å². The lowest BCUT2D eigenvalue weighted by atomic mass is 10.0. The Morgan fingerprint density at radius 1 is 0.879 bits per heavy atom. The Morgan fingerprint density at radius 3 is 2.30 bits per heavy atom. The molecule has 0 saturated carbocycles. The van der Waals surface area contributed by atoms with Crippen molar-refractivity contribution < 1.29 is 19.1 Å². The Bertz CT molecular complexity index is 1260. The quantitative estimate of drug-likeness (QED) is 0.669. The van der Waals surface area contributed by atoms with E-state index in [9.17, 15) is 14.4 Å². The number of benzene rings is 3. The van der Waals surface area contributed by atoms with Gasteiger partial charge in [-0.3, -0.25) is 9.59 Å². The summed E-state index contributed by atoms with van der Waals surface area (Å²) in [4.78, 5) is 41.0. The third-order valence-electron chi connectivity index (χ3n) is 5.64. The van der Waals surface area contributed by atoms with Gasteiger partial charge < -0.3 is 20.3 Å². The van der Waals surface area contributed by atoms with E-state index in [-0.39, 0.29) is 17.2 Å². The monoisotopic (exact) mass is 442 g/mol. The third-order valence-corrected chi connectivity index (χ3v) is 5.64. The van der Waals surface area contributed by atoms with Crippen LogP contribution in [0.3, 0.4) is 0 Å². The zero-order chi connectivity index (χ0) is 23.4. The van der Waals surface area contributed by atoms with E-state index in [1.165, 1.54) is 4.90 Å². The Balaban J connectivity index is 1.46. The number of nitrogens with zero attached hydrogens (tertiary/aromatic N) is 3. The molecule has 166 valence electrons. The Labute approximate surface area is 190 Å². The molecule has 8 nitrogen and oxygen atoms in total. The number of amides is 3. The SMILES string of the molecule is N#Cc1ccc(C(=O)N2CCCN(C(=O)Oc3ccc4ccccc4c3C(N)=O)CC2)cc1. The maximum atomic E-state index is 12.9. The van der Waals surface area contributed by atoms with Gasteiger partial charge in [0.25, 0.3) is 11.8 Å². The van der Waals surface area contributed by atoms with Gasteiger partial charge in [0.05, 0.1) is 17.2 Å². The number of carbonyl (C=O) groups is 3. The van der Waals surface area contributed by atoms with Gasteiger partial charge >= 0.3 is 6.09 Å². The highest BCUT2D eigenvalue weighted by Gasteiger charge is 2.25. The van der Waals surface area contributed by atoms with Crippen LogP contribution < -0.4 is 10.5 Å². The number of ether oxygens (including phenoxy) is 1. The lowest BCUT2D eigenvalue weighted by Gasteiger charge is -2.22.